The van der Waals surface area contributed by atoms with Crippen LogP contribution in [0.2, 0.25) is 0 Å². The first-order valence-corrected chi connectivity index (χ1v) is 10.3. The molecule has 3 aromatic carbocycles. The van der Waals surface area contributed by atoms with Gasteiger partial charge in [-0.25, -0.2) is 0 Å². The molecule has 4 rings (SSSR count). The highest BCUT2D eigenvalue weighted by atomic mass is 19.4. The molecular weight excluding hydrogens is 426 g/mol. The molecule has 0 spiro atoms. The smallest absolute Gasteiger partial charge is 0.166 e. The Labute approximate surface area is 182 Å². The van der Waals surface area contributed by atoms with E-state index in [1.165, 1.54) is 0 Å². The lowest BCUT2D eigenvalue weighted by Gasteiger charge is -2.19. The van der Waals surface area contributed by atoms with Gasteiger partial charge in [0.15, 0.2) is 0 Å². The number of hydrogen-bond acceptors (Lipinski definition) is 0. The van der Waals surface area contributed by atoms with Crippen LogP contribution < -0.4 is 0 Å². The minimum absolute atomic E-state index is 0.0862. The van der Waals surface area contributed by atoms with Crippen LogP contribution in [-0.2, 0) is 18.8 Å². The molecule has 0 fully saturated rings. The molecule has 0 aromatic heterocycles. The minimum Gasteiger partial charge on any atom is -0.166 e. The van der Waals surface area contributed by atoms with Crippen LogP contribution in [0, 0.1) is 0 Å². The third-order valence-corrected chi connectivity index (χ3v) is 5.63. The van der Waals surface area contributed by atoms with Crippen molar-refractivity contribution in [2.24, 2.45) is 0 Å². The van der Waals surface area contributed by atoms with E-state index >= 15 is 0 Å². The van der Waals surface area contributed by atoms with Crippen molar-refractivity contribution in [1.82, 2.24) is 0 Å². The molecule has 0 aliphatic heterocycles. The third-order valence-electron chi connectivity index (χ3n) is 5.63. The van der Waals surface area contributed by atoms with E-state index in [4.69, 9.17) is 0 Å². The zero-order chi connectivity index (χ0) is 23.1. The van der Waals surface area contributed by atoms with E-state index in [1.807, 2.05) is 25.1 Å². The number of rotatable bonds is 4. The largest absolute Gasteiger partial charge is 0.416 e. The van der Waals surface area contributed by atoms with Crippen LogP contribution in [0.1, 0.15) is 42.0 Å². The molecule has 0 N–H and O–H groups in total. The van der Waals surface area contributed by atoms with Gasteiger partial charge >= 0.3 is 12.4 Å². The fourth-order valence-electron chi connectivity index (χ4n) is 4.23. The number of benzene rings is 3. The molecule has 6 heteroatoms. The second kappa shape index (κ2) is 8.15. The average molecular weight is 446 g/mol. The molecular formula is C26H20F6. The minimum atomic E-state index is -4.90. The molecule has 0 radical (unpaired) electrons. The van der Waals surface area contributed by atoms with E-state index < -0.39 is 23.5 Å². The Morgan fingerprint density at radius 1 is 0.750 bits per heavy atom. The third kappa shape index (κ3) is 4.31. The first kappa shape index (κ1) is 22.2. The van der Waals surface area contributed by atoms with Crippen molar-refractivity contribution in [1.29, 1.82) is 0 Å². The molecule has 0 bridgehead atoms. The van der Waals surface area contributed by atoms with Crippen LogP contribution in [0.25, 0.3) is 28.3 Å². The molecule has 0 saturated heterocycles. The van der Waals surface area contributed by atoms with Crippen molar-refractivity contribution < 1.29 is 26.3 Å². The van der Waals surface area contributed by atoms with Gasteiger partial charge in [-0.05, 0) is 64.4 Å². The first-order valence-electron chi connectivity index (χ1n) is 10.3. The van der Waals surface area contributed by atoms with Crippen molar-refractivity contribution in [3.8, 4) is 22.3 Å². The average Bonchev–Trinajstić information content (AvgIpc) is 3.15. The van der Waals surface area contributed by atoms with E-state index in [0.717, 1.165) is 41.7 Å². The predicted octanol–water partition coefficient (Wildman–Crippen LogP) is 8.80. The number of hydrogen-bond donors (Lipinski definition) is 0. The van der Waals surface area contributed by atoms with E-state index in [2.05, 4.69) is 0 Å². The molecule has 1 aliphatic rings. The first-order chi connectivity index (χ1) is 15.1. The predicted molar refractivity (Wildman–Crippen MR) is 114 cm³/mol. The summed E-state index contributed by atoms with van der Waals surface area (Å²) in [6.45, 7) is 2.03. The van der Waals surface area contributed by atoms with Crippen molar-refractivity contribution in [3.05, 3.63) is 88.5 Å². The van der Waals surface area contributed by atoms with Gasteiger partial charge in [0.25, 0.3) is 0 Å². The maximum absolute atomic E-state index is 13.5. The summed E-state index contributed by atoms with van der Waals surface area (Å²) in [5.74, 6) is 0. The molecule has 0 atom stereocenters. The maximum atomic E-state index is 13.5. The Morgan fingerprint density at radius 2 is 1.38 bits per heavy atom. The van der Waals surface area contributed by atoms with E-state index in [-0.39, 0.29) is 11.6 Å². The molecule has 3 aromatic rings. The van der Waals surface area contributed by atoms with Gasteiger partial charge in [0, 0.05) is 0 Å². The lowest BCUT2D eigenvalue weighted by Crippen LogP contribution is -2.11. The maximum Gasteiger partial charge on any atom is 0.416 e. The van der Waals surface area contributed by atoms with Crippen molar-refractivity contribution in [2.75, 3.05) is 0 Å². The number of halogens is 6. The Kier molecular flexibility index (Phi) is 5.65. The number of allylic oxidation sites excluding steroid dienone is 1. The summed E-state index contributed by atoms with van der Waals surface area (Å²) in [5, 5.41) is 0. The van der Waals surface area contributed by atoms with Gasteiger partial charge in [0.1, 0.15) is 0 Å². The number of fused-ring (bicyclic) bond motifs is 1. The van der Waals surface area contributed by atoms with Gasteiger partial charge in [0.05, 0.1) is 11.1 Å². The normalized spacial score (nSPS) is 13.8. The molecule has 0 heterocycles. The standard InChI is InChI=1S/C26H20F6/c1-2-6-16-11-18-9-10-22(17-7-4-3-5-8-17)24(23(18)12-16)19-13-20(25(27,28)29)15-21(14-19)26(30,31)32/h3-5,7-10,12-15H,2,6,11H2,1H3. The second-order valence-corrected chi connectivity index (χ2v) is 7.95. The summed E-state index contributed by atoms with van der Waals surface area (Å²) in [5.41, 5.74) is 1.75. The van der Waals surface area contributed by atoms with Gasteiger partial charge in [-0.3, -0.25) is 0 Å². The Balaban J connectivity index is 2.04. The van der Waals surface area contributed by atoms with Crippen LogP contribution in [0.15, 0.2) is 66.2 Å². The van der Waals surface area contributed by atoms with E-state index in [0.29, 0.717) is 23.1 Å². The fraction of sp³-hybridized carbons (Fsp3) is 0.231. The van der Waals surface area contributed by atoms with Crippen LogP contribution in [0.3, 0.4) is 0 Å². The monoisotopic (exact) mass is 446 g/mol. The molecule has 32 heavy (non-hydrogen) atoms. The Bertz CT molecular complexity index is 1140. The summed E-state index contributed by atoms with van der Waals surface area (Å²) in [6.07, 6.45) is -5.49. The highest BCUT2D eigenvalue weighted by Crippen LogP contribution is 2.45. The van der Waals surface area contributed by atoms with Gasteiger partial charge in [-0.15, -0.1) is 0 Å². The Hall–Kier alpha value is -3.02. The lowest BCUT2D eigenvalue weighted by atomic mass is 9.87. The molecule has 1 aliphatic carbocycles. The number of alkyl halides is 6. The van der Waals surface area contributed by atoms with E-state index in [9.17, 15) is 26.3 Å². The summed E-state index contributed by atoms with van der Waals surface area (Å²) in [7, 11) is 0. The van der Waals surface area contributed by atoms with Crippen molar-refractivity contribution in [2.45, 2.75) is 38.5 Å². The van der Waals surface area contributed by atoms with Crippen molar-refractivity contribution in [3.63, 3.8) is 0 Å². The summed E-state index contributed by atoms with van der Waals surface area (Å²) < 4.78 is 81.2. The topological polar surface area (TPSA) is 0 Å². The quantitative estimate of drug-likeness (QED) is 0.351. The van der Waals surface area contributed by atoms with Crippen LogP contribution >= 0.6 is 0 Å². The van der Waals surface area contributed by atoms with Gasteiger partial charge in [-0.1, -0.05) is 67.5 Å². The summed E-state index contributed by atoms with van der Waals surface area (Å²) >= 11 is 0. The summed E-state index contributed by atoms with van der Waals surface area (Å²) in [4.78, 5) is 0. The van der Waals surface area contributed by atoms with Crippen LogP contribution in [-0.4, -0.2) is 0 Å². The van der Waals surface area contributed by atoms with Crippen molar-refractivity contribution >= 4 is 6.08 Å². The SMILES string of the molecule is CCCC1=Cc2c(ccc(-c3ccccc3)c2-c2cc(C(F)(F)F)cc(C(F)(F)F)c2)C1. The highest BCUT2D eigenvalue weighted by Gasteiger charge is 2.37. The van der Waals surface area contributed by atoms with Gasteiger partial charge in [0.2, 0.25) is 0 Å². The van der Waals surface area contributed by atoms with E-state index in [1.54, 1.807) is 30.3 Å². The van der Waals surface area contributed by atoms with Gasteiger partial charge < -0.3 is 0 Å². The molecule has 0 amide bonds. The zero-order valence-electron chi connectivity index (χ0n) is 17.2. The summed E-state index contributed by atoms with van der Waals surface area (Å²) in [6, 6.07) is 14.5. The molecule has 0 unspecified atom stereocenters. The zero-order valence-corrected chi connectivity index (χ0v) is 17.2. The van der Waals surface area contributed by atoms with Gasteiger partial charge in [-0.2, -0.15) is 26.3 Å². The molecule has 0 nitrogen and oxygen atoms in total. The van der Waals surface area contributed by atoms with Crippen LogP contribution in [0.4, 0.5) is 26.3 Å². The molecule has 0 saturated carbocycles. The van der Waals surface area contributed by atoms with Crippen LogP contribution in [0.5, 0.6) is 0 Å². The second-order valence-electron chi connectivity index (χ2n) is 7.95. The Morgan fingerprint density at radius 3 is 1.94 bits per heavy atom. The highest BCUT2D eigenvalue weighted by molar-refractivity contribution is 5.92. The lowest BCUT2D eigenvalue weighted by molar-refractivity contribution is -0.143. The fourth-order valence-corrected chi connectivity index (χ4v) is 4.23. The molecule has 166 valence electrons.